The van der Waals surface area contributed by atoms with Crippen LogP contribution >= 0.6 is 35.0 Å². The number of carbonyl (C=O) groups is 1. The minimum absolute atomic E-state index is 0.0435. The number of carbonyl (C=O) groups excluding carboxylic acids is 1. The molecule has 3 aromatic rings. The molecule has 0 saturated heterocycles. The van der Waals surface area contributed by atoms with Crippen LogP contribution < -0.4 is 5.32 Å². The molecule has 0 spiro atoms. The smallest absolute Gasteiger partial charge is 0.251 e. The van der Waals surface area contributed by atoms with Gasteiger partial charge in [0.2, 0.25) is 0 Å². The summed E-state index contributed by atoms with van der Waals surface area (Å²) in [5, 5.41) is 4.33. The standard InChI is InChI=1S/C28H25Cl2NOS/c29-24-14-12-18(17-25(24)30)22-10-5-6-19-16-20(28(32)31-21-7-1-2-8-21)13-15-26(19)33-27-11-4-3-9-23(22)27/h3-4,9-17,21H,1-2,5-8H2,(H,31,32)/b22-10+. The fraction of sp³-hybridized carbons (Fsp3) is 0.250. The number of hydrogen-bond donors (Lipinski definition) is 1. The van der Waals surface area contributed by atoms with Crippen molar-refractivity contribution in [2.24, 2.45) is 0 Å². The van der Waals surface area contributed by atoms with E-state index < -0.39 is 0 Å². The average Bonchev–Trinajstić information content (AvgIpc) is 3.35. The van der Waals surface area contributed by atoms with Crippen molar-refractivity contribution in [3.63, 3.8) is 0 Å². The lowest BCUT2D eigenvalue weighted by Crippen LogP contribution is -2.32. The zero-order chi connectivity index (χ0) is 22.8. The van der Waals surface area contributed by atoms with E-state index in [1.54, 1.807) is 11.8 Å². The van der Waals surface area contributed by atoms with Crippen molar-refractivity contribution in [1.82, 2.24) is 5.32 Å². The molecule has 0 bridgehead atoms. The lowest BCUT2D eigenvalue weighted by Gasteiger charge is -2.15. The lowest BCUT2D eigenvalue weighted by molar-refractivity contribution is 0.0937. The highest BCUT2D eigenvalue weighted by Crippen LogP contribution is 2.40. The number of nitrogens with one attached hydrogen (secondary N) is 1. The van der Waals surface area contributed by atoms with Crippen molar-refractivity contribution in [3.8, 4) is 0 Å². The van der Waals surface area contributed by atoms with E-state index in [1.807, 2.05) is 24.3 Å². The molecule has 0 radical (unpaired) electrons. The number of benzene rings is 3. The van der Waals surface area contributed by atoms with E-state index >= 15 is 0 Å². The van der Waals surface area contributed by atoms with Crippen molar-refractivity contribution in [1.29, 1.82) is 0 Å². The first-order valence-electron chi connectivity index (χ1n) is 11.4. The molecule has 33 heavy (non-hydrogen) atoms. The monoisotopic (exact) mass is 493 g/mol. The van der Waals surface area contributed by atoms with Crippen LogP contribution in [0.1, 0.15) is 59.2 Å². The molecular formula is C28H25Cl2NOS. The van der Waals surface area contributed by atoms with Gasteiger partial charge in [0.25, 0.3) is 5.91 Å². The van der Waals surface area contributed by atoms with Gasteiger partial charge in [0.1, 0.15) is 0 Å². The third kappa shape index (κ3) is 5.01. The molecule has 3 aromatic carbocycles. The van der Waals surface area contributed by atoms with Gasteiger partial charge in [0, 0.05) is 21.4 Å². The summed E-state index contributed by atoms with van der Waals surface area (Å²) in [6.45, 7) is 0. The largest absolute Gasteiger partial charge is 0.349 e. The van der Waals surface area contributed by atoms with Crippen LogP contribution in [0.2, 0.25) is 10.0 Å². The van der Waals surface area contributed by atoms with E-state index in [2.05, 4.69) is 47.8 Å². The minimum Gasteiger partial charge on any atom is -0.349 e. The Hall–Kier alpha value is -2.20. The summed E-state index contributed by atoms with van der Waals surface area (Å²) in [5.74, 6) is 0.0435. The van der Waals surface area contributed by atoms with Crippen LogP contribution in [0.4, 0.5) is 0 Å². The maximum atomic E-state index is 12.8. The fourth-order valence-electron chi connectivity index (χ4n) is 4.67. The van der Waals surface area contributed by atoms with Gasteiger partial charge in [-0.25, -0.2) is 0 Å². The molecule has 0 atom stereocenters. The minimum atomic E-state index is 0.0435. The number of halogens is 2. The van der Waals surface area contributed by atoms with Crippen LogP contribution in [-0.4, -0.2) is 11.9 Å². The highest BCUT2D eigenvalue weighted by Gasteiger charge is 2.20. The molecule has 1 saturated carbocycles. The molecule has 0 unspecified atom stereocenters. The van der Waals surface area contributed by atoms with E-state index in [0.29, 0.717) is 16.1 Å². The maximum Gasteiger partial charge on any atom is 0.251 e. The van der Waals surface area contributed by atoms with Gasteiger partial charge in [-0.3, -0.25) is 4.79 Å². The van der Waals surface area contributed by atoms with Gasteiger partial charge in [0.05, 0.1) is 10.0 Å². The summed E-state index contributed by atoms with van der Waals surface area (Å²) in [7, 11) is 0. The van der Waals surface area contributed by atoms with Crippen LogP contribution in [0.15, 0.2) is 76.5 Å². The van der Waals surface area contributed by atoms with Crippen LogP contribution in [-0.2, 0) is 6.42 Å². The fourth-order valence-corrected chi connectivity index (χ4v) is 6.07. The predicted molar refractivity (Wildman–Crippen MR) is 139 cm³/mol. The van der Waals surface area contributed by atoms with Gasteiger partial charge in [-0.2, -0.15) is 0 Å². The summed E-state index contributed by atoms with van der Waals surface area (Å²) in [5.41, 5.74) is 5.35. The normalized spacial score (nSPS) is 17.7. The molecular weight excluding hydrogens is 469 g/mol. The Labute approximate surface area is 209 Å². The summed E-state index contributed by atoms with van der Waals surface area (Å²) in [4.78, 5) is 15.2. The molecule has 5 heteroatoms. The van der Waals surface area contributed by atoms with E-state index in [9.17, 15) is 4.79 Å². The molecule has 1 fully saturated rings. The zero-order valence-corrected chi connectivity index (χ0v) is 20.6. The highest BCUT2D eigenvalue weighted by atomic mass is 35.5. The zero-order valence-electron chi connectivity index (χ0n) is 18.2. The number of fused-ring (bicyclic) bond motifs is 2. The summed E-state index contributed by atoms with van der Waals surface area (Å²) >= 11 is 14.3. The van der Waals surface area contributed by atoms with Crippen molar-refractivity contribution in [2.45, 2.75) is 54.4 Å². The van der Waals surface area contributed by atoms with E-state index in [-0.39, 0.29) is 5.91 Å². The molecule has 2 nitrogen and oxygen atoms in total. The number of aryl methyl sites for hydroxylation is 1. The van der Waals surface area contributed by atoms with Crippen molar-refractivity contribution in [3.05, 3.63) is 99.0 Å². The van der Waals surface area contributed by atoms with E-state index in [4.69, 9.17) is 23.2 Å². The van der Waals surface area contributed by atoms with Crippen LogP contribution in [0, 0.1) is 0 Å². The first-order valence-corrected chi connectivity index (χ1v) is 13.0. The first-order chi connectivity index (χ1) is 16.1. The van der Waals surface area contributed by atoms with Gasteiger partial charge >= 0.3 is 0 Å². The molecule has 0 aromatic heterocycles. The van der Waals surface area contributed by atoms with Gasteiger partial charge in [-0.05, 0) is 84.3 Å². The molecule has 2 aliphatic rings. The molecule has 1 aliphatic heterocycles. The number of rotatable bonds is 3. The number of hydrogen-bond acceptors (Lipinski definition) is 2. The summed E-state index contributed by atoms with van der Waals surface area (Å²) < 4.78 is 0. The second-order valence-corrected chi connectivity index (χ2v) is 10.6. The highest BCUT2D eigenvalue weighted by molar-refractivity contribution is 7.99. The van der Waals surface area contributed by atoms with Crippen LogP contribution in [0.5, 0.6) is 0 Å². The van der Waals surface area contributed by atoms with Crippen molar-refractivity contribution >= 4 is 46.4 Å². The third-order valence-electron chi connectivity index (χ3n) is 6.40. The molecule has 1 aliphatic carbocycles. The van der Waals surface area contributed by atoms with Crippen molar-refractivity contribution < 1.29 is 4.79 Å². The van der Waals surface area contributed by atoms with Crippen LogP contribution in [0.3, 0.4) is 0 Å². The van der Waals surface area contributed by atoms with Gasteiger partial charge in [0.15, 0.2) is 0 Å². The third-order valence-corrected chi connectivity index (χ3v) is 8.34. The second-order valence-electron chi connectivity index (χ2n) is 8.66. The lowest BCUT2D eigenvalue weighted by atomic mass is 9.95. The van der Waals surface area contributed by atoms with Crippen LogP contribution in [0.25, 0.3) is 5.57 Å². The van der Waals surface area contributed by atoms with Gasteiger partial charge in [-0.15, -0.1) is 0 Å². The quantitative estimate of drug-likeness (QED) is 0.398. The number of amides is 1. The first kappa shape index (κ1) is 22.6. The predicted octanol–water partition coefficient (Wildman–Crippen LogP) is 8.19. The Kier molecular flexibility index (Phi) is 6.82. The SMILES string of the molecule is O=C(NC1CCCC1)c1ccc2c(c1)CC/C=C(\c1ccc(Cl)c(Cl)c1)c1ccccc1S2. The topological polar surface area (TPSA) is 29.1 Å². The van der Waals surface area contributed by atoms with Gasteiger partial charge in [-0.1, -0.05) is 78.1 Å². The molecule has 5 rings (SSSR count). The maximum absolute atomic E-state index is 12.8. The Morgan fingerprint density at radius 1 is 0.909 bits per heavy atom. The Bertz CT molecular complexity index is 1230. The summed E-state index contributed by atoms with van der Waals surface area (Å²) in [6, 6.07) is 20.7. The molecule has 1 N–H and O–H groups in total. The molecule has 168 valence electrons. The second kappa shape index (κ2) is 9.97. The van der Waals surface area contributed by atoms with Gasteiger partial charge < -0.3 is 5.32 Å². The Morgan fingerprint density at radius 3 is 2.55 bits per heavy atom. The van der Waals surface area contributed by atoms with E-state index in [0.717, 1.165) is 42.4 Å². The number of allylic oxidation sites excluding steroid dienone is 1. The average molecular weight is 494 g/mol. The summed E-state index contributed by atoms with van der Waals surface area (Å²) in [6.07, 6.45) is 8.60. The molecule has 1 amide bonds. The Morgan fingerprint density at radius 2 is 1.73 bits per heavy atom. The van der Waals surface area contributed by atoms with E-state index in [1.165, 1.54) is 33.8 Å². The molecule has 1 heterocycles. The Balaban J connectivity index is 1.49. The van der Waals surface area contributed by atoms with Crippen molar-refractivity contribution in [2.75, 3.05) is 0 Å².